The van der Waals surface area contributed by atoms with Crippen LogP contribution in [0.5, 0.6) is 5.75 Å². The van der Waals surface area contributed by atoms with Crippen molar-refractivity contribution in [2.75, 3.05) is 6.61 Å². The number of fused-ring (bicyclic) bond motifs is 2. The molecule has 6 nitrogen and oxygen atoms in total. The molecule has 1 fully saturated rings. The Kier molecular flexibility index (Phi) is 4.78. The standard InChI is InChI=1S/C21H18Cl2N4O2/c1-12-8-19(27-7-6-15-20(23)24-11-25-21(15)27)29-17(12)10-28-14-4-2-13-3-5-18(22)26-16(13)9-14/h2-7,9,11-12,17,19H,8,10H2,1H3. The fourth-order valence-corrected chi connectivity index (χ4v) is 4.10. The molecule has 148 valence electrons. The zero-order valence-corrected chi connectivity index (χ0v) is 17.1. The fourth-order valence-electron chi connectivity index (χ4n) is 3.76. The highest BCUT2D eigenvalue weighted by Crippen LogP contribution is 2.36. The van der Waals surface area contributed by atoms with Crippen molar-refractivity contribution < 1.29 is 9.47 Å². The maximum absolute atomic E-state index is 6.29. The first kappa shape index (κ1) is 18.6. The van der Waals surface area contributed by atoms with E-state index < -0.39 is 0 Å². The SMILES string of the molecule is CC1CC(n2ccc3c(Cl)ncnc32)OC1COc1ccc2ccc(Cl)nc2c1. The molecule has 29 heavy (non-hydrogen) atoms. The highest BCUT2D eigenvalue weighted by atomic mass is 35.5. The van der Waals surface area contributed by atoms with Crippen LogP contribution in [-0.4, -0.2) is 32.2 Å². The van der Waals surface area contributed by atoms with Crippen LogP contribution < -0.4 is 4.74 Å². The molecule has 1 saturated heterocycles. The van der Waals surface area contributed by atoms with Crippen molar-refractivity contribution in [1.29, 1.82) is 0 Å². The van der Waals surface area contributed by atoms with Gasteiger partial charge in [-0.25, -0.2) is 15.0 Å². The number of hydrogen-bond donors (Lipinski definition) is 0. The van der Waals surface area contributed by atoms with Crippen molar-refractivity contribution in [1.82, 2.24) is 19.5 Å². The number of benzene rings is 1. The van der Waals surface area contributed by atoms with E-state index >= 15 is 0 Å². The monoisotopic (exact) mass is 428 g/mol. The molecule has 1 aliphatic heterocycles. The van der Waals surface area contributed by atoms with Gasteiger partial charge in [-0.1, -0.05) is 30.1 Å². The second-order valence-corrected chi connectivity index (χ2v) is 8.01. The lowest BCUT2D eigenvalue weighted by molar-refractivity contribution is -0.0224. The van der Waals surface area contributed by atoms with Crippen molar-refractivity contribution in [3.8, 4) is 5.75 Å². The topological polar surface area (TPSA) is 62.1 Å². The number of rotatable bonds is 4. The molecule has 5 rings (SSSR count). The summed E-state index contributed by atoms with van der Waals surface area (Å²) in [5.41, 5.74) is 1.59. The van der Waals surface area contributed by atoms with Gasteiger partial charge >= 0.3 is 0 Å². The Morgan fingerprint density at radius 2 is 2.03 bits per heavy atom. The van der Waals surface area contributed by atoms with Crippen LogP contribution in [0.3, 0.4) is 0 Å². The molecule has 3 aromatic heterocycles. The van der Waals surface area contributed by atoms with E-state index in [2.05, 4.69) is 21.9 Å². The molecule has 0 N–H and O–H groups in total. The maximum Gasteiger partial charge on any atom is 0.146 e. The third-order valence-corrected chi connectivity index (χ3v) is 5.87. The van der Waals surface area contributed by atoms with Gasteiger partial charge in [0.2, 0.25) is 0 Å². The van der Waals surface area contributed by atoms with Crippen LogP contribution in [0.25, 0.3) is 21.9 Å². The van der Waals surface area contributed by atoms with Crippen LogP contribution in [0, 0.1) is 5.92 Å². The van der Waals surface area contributed by atoms with Crippen LogP contribution in [-0.2, 0) is 4.74 Å². The Bertz CT molecular complexity index is 1200. The Labute approximate surface area is 177 Å². The summed E-state index contributed by atoms with van der Waals surface area (Å²) in [5.74, 6) is 1.08. The summed E-state index contributed by atoms with van der Waals surface area (Å²) < 4.78 is 14.3. The molecule has 0 spiro atoms. The predicted molar refractivity (Wildman–Crippen MR) is 112 cm³/mol. The van der Waals surface area contributed by atoms with E-state index in [0.29, 0.717) is 22.8 Å². The summed E-state index contributed by atoms with van der Waals surface area (Å²) in [6.45, 7) is 2.63. The molecule has 4 aromatic rings. The summed E-state index contributed by atoms with van der Waals surface area (Å²) in [6.07, 6.45) is 4.15. The van der Waals surface area contributed by atoms with E-state index in [4.69, 9.17) is 32.7 Å². The number of pyridine rings is 1. The minimum atomic E-state index is -0.112. The van der Waals surface area contributed by atoms with Gasteiger partial charge in [0.25, 0.3) is 0 Å². The second-order valence-electron chi connectivity index (χ2n) is 7.27. The van der Waals surface area contributed by atoms with Crippen LogP contribution in [0.1, 0.15) is 19.6 Å². The van der Waals surface area contributed by atoms with Crippen molar-refractivity contribution in [2.24, 2.45) is 5.92 Å². The van der Waals surface area contributed by atoms with Crippen LogP contribution in [0.15, 0.2) is 48.9 Å². The van der Waals surface area contributed by atoms with E-state index in [1.807, 2.05) is 41.1 Å². The van der Waals surface area contributed by atoms with E-state index in [0.717, 1.165) is 34.1 Å². The Morgan fingerprint density at radius 1 is 1.17 bits per heavy atom. The van der Waals surface area contributed by atoms with Crippen molar-refractivity contribution in [3.63, 3.8) is 0 Å². The summed E-state index contributed by atoms with van der Waals surface area (Å²) >= 11 is 12.2. The second kappa shape index (κ2) is 7.44. The first-order chi connectivity index (χ1) is 14.1. The Morgan fingerprint density at radius 3 is 2.93 bits per heavy atom. The summed E-state index contributed by atoms with van der Waals surface area (Å²) in [6, 6.07) is 11.5. The van der Waals surface area contributed by atoms with Gasteiger partial charge in [0.15, 0.2) is 0 Å². The number of halogens is 2. The molecule has 3 atom stereocenters. The van der Waals surface area contributed by atoms with Gasteiger partial charge < -0.3 is 14.0 Å². The van der Waals surface area contributed by atoms with E-state index in [1.165, 1.54) is 6.33 Å². The third kappa shape index (κ3) is 3.52. The molecule has 0 aliphatic carbocycles. The van der Waals surface area contributed by atoms with E-state index in [9.17, 15) is 0 Å². The maximum atomic E-state index is 6.29. The molecular formula is C21H18Cl2N4O2. The molecule has 0 amide bonds. The largest absolute Gasteiger partial charge is 0.491 e. The number of aromatic nitrogens is 4. The summed E-state index contributed by atoms with van der Waals surface area (Å²) in [7, 11) is 0. The minimum Gasteiger partial charge on any atom is -0.491 e. The average molecular weight is 429 g/mol. The molecule has 8 heteroatoms. The Hall–Kier alpha value is -2.41. The molecule has 3 unspecified atom stereocenters. The first-order valence-corrected chi connectivity index (χ1v) is 10.2. The van der Waals surface area contributed by atoms with Gasteiger partial charge in [0.05, 0.1) is 17.0 Å². The normalized spacial score (nSPS) is 21.8. The molecule has 0 radical (unpaired) electrons. The van der Waals surface area contributed by atoms with Crippen LogP contribution in [0.4, 0.5) is 0 Å². The summed E-state index contributed by atoms with van der Waals surface area (Å²) in [4.78, 5) is 12.7. The third-order valence-electron chi connectivity index (χ3n) is 5.35. The van der Waals surface area contributed by atoms with E-state index in [1.54, 1.807) is 6.07 Å². The quantitative estimate of drug-likeness (QED) is 0.326. The van der Waals surface area contributed by atoms with E-state index in [-0.39, 0.29) is 12.3 Å². The van der Waals surface area contributed by atoms with Crippen LogP contribution in [0.2, 0.25) is 10.3 Å². The zero-order chi connectivity index (χ0) is 20.0. The highest BCUT2D eigenvalue weighted by molar-refractivity contribution is 6.33. The van der Waals surface area contributed by atoms with Gasteiger partial charge in [-0.15, -0.1) is 0 Å². The van der Waals surface area contributed by atoms with Gasteiger partial charge in [-0.2, -0.15) is 0 Å². The van der Waals surface area contributed by atoms with Gasteiger partial charge in [-0.3, -0.25) is 0 Å². The molecule has 1 aliphatic rings. The molecule has 0 bridgehead atoms. The smallest absolute Gasteiger partial charge is 0.146 e. The lowest BCUT2D eigenvalue weighted by Crippen LogP contribution is -2.23. The van der Waals surface area contributed by atoms with Gasteiger partial charge in [0.1, 0.15) is 40.9 Å². The molecule has 4 heterocycles. The molecule has 1 aromatic carbocycles. The molecular weight excluding hydrogens is 411 g/mol. The zero-order valence-electron chi connectivity index (χ0n) is 15.6. The predicted octanol–water partition coefficient (Wildman–Crippen LogP) is 5.29. The number of hydrogen-bond acceptors (Lipinski definition) is 5. The van der Waals surface area contributed by atoms with Crippen molar-refractivity contribution >= 4 is 45.1 Å². The molecule has 0 saturated carbocycles. The van der Waals surface area contributed by atoms with Crippen molar-refractivity contribution in [3.05, 3.63) is 59.2 Å². The highest BCUT2D eigenvalue weighted by Gasteiger charge is 2.34. The summed E-state index contributed by atoms with van der Waals surface area (Å²) in [5, 5.41) is 2.76. The Balaban J connectivity index is 1.30. The van der Waals surface area contributed by atoms with Crippen LogP contribution >= 0.6 is 23.2 Å². The van der Waals surface area contributed by atoms with Gasteiger partial charge in [0, 0.05) is 17.6 Å². The average Bonchev–Trinajstić information content (AvgIpc) is 3.30. The number of nitrogens with zero attached hydrogens (tertiary/aromatic N) is 4. The number of ether oxygens (including phenoxy) is 2. The minimum absolute atomic E-state index is 0.0298. The van der Waals surface area contributed by atoms with Gasteiger partial charge in [-0.05, 0) is 42.7 Å². The van der Waals surface area contributed by atoms with Crippen molar-refractivity contribution in [2.45, 2.75) is 25.7 Å². The lowest BCUT2D eigenvalue weighted by Gasteiger charge is -2.17. The lowest BCUT2D eigenvalue weighted by atomic mass is 10.0. The first-order valence-electron chi connectivity index (χ1n) is 9.40. The fraction of sp³-hybridized carbons (Fsp3) is 0.286.